The Hall–Kier alpha value is -1.19. The molecule has 0 aliphatic rings. The predicted octanol–water partition coefficient (Wildman–Crippen LogP) is 0.345. The van der Waals surface area contributed by atoms with Gasteiger partial charge in [0.05, 0.1) is 41.5 Å². The molecule has 0 spiro atoms. The lowest BCUT2D eigenvalue weighted by atomic mass is 10.5. The molecule has 7 nitrogen and oxygen atoms in total. The van der Waals surface area contributed by atoms with Crippen molar-refractivity contribution < 1.29 is 13.5 Å². The predicted molar refractivity (Wildman–Crippen MR) is 71.1 cm³/mol. The first-order valence-electron chi connectivity index (χ1n) is 5.46. The average molecular weight is 349 g/mol. The number of aliphatic hydroxyl groups is 1. The first kappa shape index (κ1) is 14.2. The third-order valence-electron chi connectivity index (χ3n) is 2.67. The van der Waals surface area contributed by atoms with Gasteiger partial charge in [-0.25, -0.2) is 13.4 Å². The second-order valence-corrected chi connectivity index (χ2v) is 6.91. The molecule has 1 N–H and O–H groups in total. The molecule has 0 bridgehead atoms. The van der Waals surface area contributed by atoms with Crippen LogP contribution in [0.5, 0.6) is 0 Å². The van der Waals surface area contributed by atoms with Crippen LogP contribution in [0.2, 0.25) is 0 Å². The van der Waals surface area contributed by atoms with Gasteiger partial charge in [-0.15, -0.1) is 0 Å². The molecular formula is C10H13BrN4O3S. The zero-order chi connectivity index (χ0) is 14.0. The summed E-state index contributed by atoms with van der Waals surface area (Å²) in [5.41, 5.74) is 0.459. The number of rotatable bonds is 5. The van der Waals surface area contributed by atoms with Gasteiger partial charge in [-0.1, -0.05) is 0 Å². The summed E-state index contributed by atoms with van der Waals surface area (Å²) < 4.78 is 28.0. The average Bonchev–Trinajstić information content (AvgIpc) is 2.93. The summed E-state index contributed by atoms with van der Waals surface area (Å²) in [6.45, 7) is 0.000372. The molecule has 0 saturated heterocycles. The van der Waals surface area contributed by atoms with Gasteiger partial charge in [-0.05, 0) is 15.9 Å². The van der Waals surface area contributed by atoms with Crippen LogP contribution in [0, 0.1) is 0 Å². The lowest BCUT2D eigenvalue weighted by molar-refractivity contribution is 0.271. The van der Waals surface area contributed by atoms with Crippen molar-refractivity contribution in [2.24, 2.45) is 7.05 Å². The number of hydrogen-bond donors (Lipinski definition) is 1. The third-order valence-corrected chi connectivity index (χ3v) is 4.74. The molecule has 2 heterocycles. The number of aromatic nitrogens is 4. The summed E-state index contributed by atoms with van der Waals surface area (Å²) in [6, 6.07) is 0. The Morgan fingerprint density at radius 1 is 1.42 bits per heavy atom. The number of halogens is 1. The first-order valence-corrected chi connectivity index (χ1v) is 7.91. The summed E-state index contributed by atoms with van der Waals surface area (Å²) in [5.74, 6) is -0.100. The number of imidazole rings is 1. The van der Waals surface area contributed by atoms with E-state index in [1.54, 1.807) is 19.4 Å². The van der Waals surface area contributed by atoms with Crippen molar-refractivity contribution in [3.63, 3.8) is 0 Å². The number of sulfone groups is 1. The zero-order valence-electron chi connectivity index (χ0n) is 10.2. The highest BCUT2D eigenvalue weighted by Crippen LogP contribution is 2.12. The second-order valence-electron chi connectivity index (χ2n) is 3.99. The van der Waals surface area contributed by atoms with Crippen molar-refractivity contribution in [3.8, 4) is 0 Å². The van der Waals surface area contributed by atoms with E-state index in [-0.39, 0.29) is 24.1 Å². The van der Waals surface area contributed by atoms with Crippen LogP contribution >= 0.6 is 15.9 Å². The minimum absolute atomic E-state index is 0.0391. The minimum Gasteiger partial charge on any atom is -0.390 e. The molecule has 0 saturated carbocycles. The van der Waals surface area contributed by atoms with Crippen molar-refractivity contribution in [1.82, 2.24) is 19.3 Å². The SMILES string of the molecule is Cn1c(CO)cnc1S(=O)(=O)CCn1cc(Br)cn1. The van der Waals surface area contributed by atoms with Crippen LogP contribution < -0.4 is 0 Å². The Morgan fingerprint density at radius 2 is 2.16 bits per heavy atom. The second kappa shape index (κ2) is 5.43. The largest absolute Gasteiger partial charge is 0.390 e. The molecule has 2 aromatic heterocycles. The molecule has 2 rings (SSSR count). The van der Waals surface area contributed by atoms with Crippen LogP contribution in [-0.2, 0) is 30.0 Å². The molecule has 0 aromatic carbocycles. The smallest absolute Gasteiger partial charge is 0.227 e. The fourth-order valence-electron chi connectivity index (χ4n) is 1.63. The molecular weight excluding hydrogens is 336 g/mol. The van der Waals surface area contributed by atoms with Crippen molar-refractivity contribution in [1.29, 1.82) is 0 Å². The molecule has 0 unspecified atom stereocenters. The maximum atomic E-state index is 12.1. The Bertz CT molecular complexity index is 677. The lowest BCUT2D eigenvalue weighted by Gasteiger charge is -2.06. The fourth-order valence-corrected chi connectivity index (χ4v) is 3.31. The molecule has 0 atom stereocenters. The summed E-state index contributed by atoms with van der Waals surface area (Å²) in [5, 5.41) is 13.0. The molecule has 0 radical (unpaired) electrons. The Morgan fingerprint density at radius 3 is 2.68 bits per heavy atom. The van der Waals surface area contributed by atoms with E-state index in [1.165, 1.54) is 15.4 Å². The van der Waals surface area contributed by atoms with E-state index in [9.17, 15) is 8.42 Å². The summed E-state index contributed by atoms with van der Waals surface area (Å²) in [7, 11) is -1.94. The molecule has 0 aliphatic heterocycles. The number of hydrogen-bond acceptors (Lipinski definition) is 5. The highest BCUT2D eigenvalue weighted by molar-refractivity contribution is 9.10. The van der Waals surface area contributed by atoms with Gasteiger partial charge in [0.2, 0.25) is 15.0 Å². The van der Waals surface area contributed by atoms with E-state index in [0.717, 1.165) is 4.47 Å². The Balaban J connectivity index is 2.16. The maximum absolute atomic E-state index is 12.1. The minimum atomic E-state index is -3.50. The first-order chi connectivity index (χ1) is 8.94. The maximum Gasteiger partial charge on any atom is 0.227 e. The van der Waals surface area contributed by atoms with E-state index < -0.39 is 9.84 Å². The summed E-state index contributed by atoms with van der Waals surface area (Å²) >= 11 is 3.24. The van der Waals surface area contributed by atoms with E-state index in [0.29, 0.717) is 5.69 Å². The van der Waals surface area contributed by atoms with Gasteiger partial charge in [0.1, 0.15) is 0 Å². The number of aliphatic hydroxyl groups excluding tert-OH is 1. The monoisotopic (exact) mass is 348 g/mol. The van der Waals surface area contributed by atoms with Gasteiger partial charge in [-0.2, -0.15) is 5.10 Å². The number of nitrogens with zero attached hydrogens (tertiary/aromatic N) is 4. The normalized spacial score (nSPS) is 11.9. The highest BCUT2D eigenvalue weighted by atomic mass is 79.9. The van der Waals surface area contributed by atoms with E-state index in [4.69, 9.17) is 5.11 Å². The van der Waals surface area contributed by atoms with Crippen LogP contribution in [0.25, 0.3) is 0 Å². The van der Waals surface area contributed by atoms with Crippen molar-refractivity contribution in [3.05, 3.63) is 28.8 Å². The van der Waals surface area contributed by atoms with Gasteiger partial charge in [0.15, 0.2) is 0 Å². The zero-order valence-corrected chi connectivity index (χ0v) is 12.6. The van der Waals surface area contributed by atoms with Crippen LogP contribution in [-0.4, -0.2) is 38.6 Å². The number of aryl methyl sites for hydroxylation is 1. The third kappa shape index (κ3) is 3.04. The van der Waals surface area contributed by atoms with Crippen LogP contribution in [0.1, 0.15) is 5.69 Å². The van der Waals surface area contributed by atoms with Gasteiger partial charge < -0.3 is 9.67 Å². The van der Waals surface area contributed by atoms with Gasteiger partial charge in [0, 0.05) is 13.2 Å². The highest BCUT2D eigenvalue weighted by Gasteiger charge is 2.21. The van der Waals surface area contributed by atoms with Crippen molar-refractivity contribution in [2.45, 2.75) is 18.3 Å². The Labute approximate surface area is 118 Å². The van der Waals surface area contributed by atoms with E-state index in [2.05, 4.69) is 26.0 Å². The van der Waals surface area contributed by atoms with Crippen LogP contribution in [0.15, 0.2) is 28.2 Å². The van der Waals surface area contributed by atoms with Crippen LogP contribution in [0.3, 0.4) is 0 Å². The van der Waals surface area contributed by atoms with Gasteiger partial charge >= 0.3 is 0 Å². The van der Waals surface area contributed by atoms with Crippen molar-refractivity contribution in [2.75, 3.05) is 5.75 Å². The quantitative estimate of drug-likeness (QED) is 0.841. The lowest BCUT2D eigenvalue weighted by Crippen LogP contribution is -2.17. The van der Waals surface area contributed by atoms with E-state index >= 15 is 0 Å². The van der Waals surface area contributed by atoms with E-state index in [1.807, 2.05) is 0 Å². The topological polar surface area (TPSA) is 90.0 Å². The standard InChI is InChI=1S/C10H13BrN4O3S/c1-14-9(7-16)5-12-10(14)19(17,18)3-2-15-6-8(11)4-13-15/h4-6,16H,2-3,7H2,1H3. The molecule has 0 fully saturated rings. The molecule has 19 heavy (non-hydrogen) atoms. The summed E-state index contributed by atoms with van der Waals surface area (Å²) in [4.78, 5) is 3.85. The van der Waals surface area contributed by atoms with Gasteiger partial charge in [-0.3, -0.25) is 4.68 Å². The molecule has 0 aliphatic carbocycles. The Kier molecular flexibility index (Phi) is 4.07. The molecule has 9 heteroatoms. The summed E-state index contributed by atoms with van der Waals surface area (Å²) in [6.07, 6.45) is 4.65. The van der Waals surface area contributed by atoms with Crippen molar-refractivity contribution >= 4 is 25.8 Å². The molecule has 104 valence electrons. The molecule has 0 amide bonds. The fraction of sp³-hybridized carbons (Fsp3) is 0.400. The van der Waals surface area contributed by atoms with Gasteiger partial charge in [0.25, 0.3) is 0 Å². The van der Waals surface area contributed by atoms with Crippen LogP contribution in [0.4, 0.5) is 0 Å². The molecule has 2 aromatic rings.